The molecule has 24 heavy (non-hydrogen) atoms. The van der Waals surface area contributed by atoms with Gasteiger partial charge in [0.1, 0.15) is 0 Å². The molecular formula is C19H20N2O3. The molecule has 3 aliphatic rings. The zero-order chi connectivity index (χ0) is 16.8. The summed E-state index contributed by atoms with van der Waals surface area (Å²) in [6.07, 6.45) is 5.21. The molecule has 0 spiro atoms. The molecule has 1 heterocycles. The summed E-state index contributed by atoms with van der Waals surface area (Å²) in [4.78, 5) is 38.6. The second kappa shape index (κ2) is 5.58. The van der Waals surface area contributed by atoms with Gasteiger partial charge in [0.05, 0.1) is 11.8 Å². The summed E-state index contributed by atoms with van der Waals surface area (Å²) >= 11 is 0. The van der Waals surface area contributed by atoms with Crippen LogP contribution >= 0.6 is 0 Å². The van der Waals surface area contributed by atoms with Crippen LogP contribution in [0.5, 0.6) is 0 Å². The van der Waals surface area contributed by atoms with E-state index in [1.165, 1.54) is 4.90 Å². The number of benzene rings is 1. The van der Waals surface area contributed by atoms with Gasteiger partial charge in [0.25, 0.3) is 0 Å². The van der Waals surface area contributed by atoms with Gasteiger partial charge in [-0.25, -0.2) is 0 Å². The molecule has 0 aromatic heterocycles. The average molecular weight is 324 g/mol. The van der Waals surface area contributed by atoms with Crippen molar-refractivity contribution >= 4 is 23.4 Å². The number of para-hydroxylation sites is 1. The normalized spacial score (nSPS) is 30.1. The number of fused-ring (bicyclic) bond motifs is 5. The first-order chi connectivity index (χ1) is 11.6. The number of nitrogens with one attached hydrogen (secondary N) is 1. The Kier molecular flexibility index (Phi) is 3.52. The molecule has 1 aromatic carbocycles. The van der Waals surface area contributed by atoms with E-state index in [9.17, 15) is 14.4 Å². The maximum absolute atomic E-state index is 12.6. The maximum atomic E-state index is 12.6. The zero-order valence-electron chi connectivity index (χ0n) is 13.6. The summed E-state index contributed by atoms with van der Waals surface area (Å²) in [6.45, 7) is 2.09. The van der Waals surface area contributed by atoms with Crippen molar-refractivity contribution in [2.75, 3.05) is 11.9 Å². The van der Waals surface area contributed by atoms with Gasteiger partial charge >= 0.3 is 0 Å². The van der Waals surface area contributed by atoms with Crippen molar-refractivity contribution in [3.05, 3.63) is 42.0 Å². The van der Waals surface area contributed by atoms with Gasteiger partial charge in [-0.1, -0.05) is 30.4 Å². The summed E-state index contributed by atoms with van der Waals surface area (Å²) < 4.78 is 0. The van der Waals surface area contributed by atoms with E-state index in [0.717, 1.165) is 17.7 Å². The third-order valence-corrected chi connectivity index (χ3v) is 5.54. The number of allylic oxidation sites excluding steroid dienone is 2. The number of rotatable bonds is 4. The summed E-state index contributed by atoms with van der Waals surface area (Å²) in [5.41, 5.74) is 1.75. The lowest BCUT2D eigenvalue weighted by Gasteiger charge is -2.17. The molecule has 1 aliphatic heterocycles. The van der Waals surface area contributed by atoms with Gasteiger partial charge in [0.2, 0.25) is 17.7 Å². The number of hydrogen-bond acceptors (Lipinski definition) is 3. The predicted molar refractivity (Wildman–Crippen MR) is 88.9 cm³/mol. The van der Waals surface area contributed by atoms with E-state index in [-0.39, 0.29) is 54.4 Å². The van der Waals surface area contributed by atoms with Crippen LogP contribution in [0.25, 0.3) is 0 Å². The van der Waals surface area contributed by atoms with Crippen molar-refractivity contribution in [3.8, 4) is 0 Å². The topological polar surface area (TPSA) is 66.5 Å². The lowest BCUT2D eigenvalue weighted by molar-refractivity contribution is -0.140. The standard InChI is InChI=1S/C19H20N2O3/c1-11-4-2-3-5-14(11)20-15(22)8-9-21-18(23)16-12-6-7-13(10-12)17(16)19(21)24/h2-7,12-13,16-17H,8-10H2,1H3,(H,20,22)/t12-,13+,16-,17-/m0/s1. The second-order valence-electron chi connectivity index (χ2n) is 6.94. The summed E-state index contributed by atoms with van der Waals surface area (Å²) in [6, 6.07) is 7.54. The smallest absolute Gasteiger partial charge is 0.233 e. The minimum Gasteiger partial charge on any atom is -0.326 e. The molecule has 1 aromatic rings. The van der Waals surface area contributed by atoms with Crippen LogP contribution in [0.2, 0.25) is 0 Å². The van der Waals surface area contributed by atoms with Crippen molar-refractivity contribution in [1.29, 1.82) is 0 Å². The Morgan fingerprint density at radius 3 is 2.38 bits per heavy atom. The Morgan fingerprint density at radius 1 is 1.12 bits per heavy atom. The predicted octanol–water partition coefficient (Wildman–Crippen LogP) is 2.13. The SMILES string of the molecule is Cc1ccccc1NC(=O)CCN1C(=O)[C@@H]2[C@@H](C1=O)[C@H]1C=C[C@@H]2C1. The molecule has 1 saturated carbocycles. The van der Waals surface area contributed by atoms with Gasteiger partial charge in [0.15, 0.2) is 0 Å². The molecule has 2 aliphatic carbocycles. The van der Waals surface area contributed by atoms with Gasteiger partial charge < -0.3 is 5.32 Å². The van der Waals surface area contributed by atoms with Crippen LogP contribution in [0, 0.1) is 30.6 Å². The van der Waals surface area contributed by atoms with Crippen molar-refractivity contribution in [3.63, 3.8) is 0 Å². The molecule has 1 saturated heterocycles. The van der Waals surface area contributed by atoms with Crippen molar-refractivity contribution in [2.24, 2.45) is 23.7 Å². The Bertz CT molecular complexity index is 725. The minimum absolute atomic E-state index is 0.0921. The zero-order valence-corrected chi connectivity index (χ0v) is 13.6. The first kappa shape index (κ1) is 15.1. The Morgan fingerprint density at radius 2 is 1.75 bits per heavy atom. The van der Waals surface area contributed by atoms with Gasteiger partial charge in [0, 0.05) is 18.7 Å². The average Bonchev–Trinajstić information content (AvgIpc) is 3.23. The highest BCUT2D eigenvalue weighted by Crippen LogP contribution is 2.52. The largest absolute Gasteiger partial charge is 0.326 e. The molecule has 3 amide bonds. The van der Waals surface area contributed by atoms with Crippen LogP contribution in [-0.4, -0.2) is 29.2 Å². The van der Waals surface area contributed by atoms with Crippen LogP contribution in [0.4, 0.5) is 5.69 Å². The maximum Gasteiger partial charge on any atom is 0.233 e. The monoisotopic (exact) mass is 324 g/mol. The lowest BCUT2D eigenvalue weighted by atomic mass is 9.85. The minimum atomic E-state index is -0.188. The molecule has 1 N–H and O–H groups in total. The number of carbonyl (C=O) groups is 3. The Hall–Kier alpha value is -2.43. The molecule has 2 fully saturated rings. The Balaban J connectivity index is 1.38. The molecule has 0 radical (unpaired) electrons. The molecule has 2 bridgehead atoms. The number of aryl methyl sites for hydroxylation is 1. The van der Waals surface area contributed by atoms with Crippen molar-refractivity contribution < 1.29 is 14.4 Å². The first-order valence-corrected chi connectivity index (χ1v) is 8.45. The highest BCUT2D eigenvalue weighted by molar-refractivity contribution is 6.06. The molecule has 4 rings (SSSR count). The number of anilines is 1. The third kappa shape index (κ3) is 2.27. The molecular weight excluding hydrogens is 304 g/mol. The van der Waals surface area contributed by atoms with E-state index in [1.54, 1.807) is 0 Å². The summed E-state index contributed by atoms with van der Waals surface area (Å²) in [5.74, 6) is -0.317. The highest BCUT2D eigenvalue weighted by Gasteiger charge is 2.58. The van der Waals surface area contributed by atoms with Crippen LogP contribution in [0.3, 0.4) is 0 Å². The van der Waals surface area contributed by atoms with E-state index in [1.807, 2.05) is 31.2 Å². The number of amides is 3. The van der Waals surface area contributed by atoms with Crippen molar-refractivity contribution in [2.45, 2.75) is 19.8 Å². The number of carbonyl (C=O) groups excluding carboxylic acids is 3. The van der Waals surface area contributed by atoms with Gasteiger partial charge in [-0.2, -0.15) is 0 Å². The van der Waals surface area contributed by atoms with Crippen molar-refractivity contribution in [1.82, 2.24) is 4.90 Å². The second-order valence-corrected chi connectivity index (χ2v) is 6.94. The molecule has 5 heteroatoms. The van der Waals surface area contributed by atoms with Gasteiger partial charge in [-0.15, -0.1) is 0 Å². The van der Waals surface area contributed by atoms with E-state index in [0.29, 0.717) is 0 Å². The van der Waals surface area contributed by atoms with E-state index in [2.05, 4.69) is 17.5 Å². The molecule has 5 nitrogen and oxygen atoms in total. The summed E-state index contributed by atoms with van der Waals surface area (Å²) in [7, 11) is 0. The molecule has 4 atom stereocenters. The van der Waals surface area contributed by atoms with E-state index in [4.69, 9.17) is 0 Å². The van der Waals surface area contributed by atoms with Gasteiger partial charge in [-0.3, -0.25) is 19.3 Å². The fourth-order valence-electron chi connectivity index (χ4n) is 4.32. The number of hydrogen-bond donors (Lipinski definition) is 1. The van der Waals surface area contributed by atoms with Crippen LogP contribution in [0.1, 0.15) is 18.4 Å². The summed E-state index contributed by atoms with van der Waals surface area (Å²) in [5, 5.41) is 2.84. The molecule has 0 unspecified atom stereocenters. The molecule has 124 valence electrons. The van der Waals surface area contributed by atoms with Crippen LogP contribution < -0.4 is 5.32 Å². The van der Waals surface area contributed by atoms with E-state index >= 15 is 0 Å². The Labute approximate surface area is 140 Å². The number of nitrogens with zero attached hydrogens (tertiary/aromatic N) is 1. The lowest BCUT2D eigenvalue weighted by Crippen LogP contribution is -2.35. The van der Waals surface area contributed by atoms with Crippen LogP contribution in [-0.2, 0) is 14.4 Å². The quantitative estimate of drug-likeness (QED) is 0.681. The first-order valence-electron chi connectivity index (χ1n) is 8.45. The third-order valence-electron chi connectivity index (χ3n) is 5.54. The van der Waals surface area contributed by atoms with E-state index < -0.39 is 0 Å². The van der Waals surface area contributed by atoms with Gasteiger partial charge in [-0.05, 0) is 36.8 Å². The fraction of sp³-hybridized carbons (Fsp3) is 0.421. The number of imide groups is 1. The fourth-order valence-corrected chi connectivity index (χ4v) is 4.32. The highest BCUT2D eigenvalue weighted by atomic mass is 16.2. The van der Waals surface area contributed by atoms with Crippen LogP contribution in [0.15, 0.2) is 36.4 Å². The number of likely N-dealkylation sites (tertiary alicyclic amines) is 1.